The fourth-order valence-electron chi connectivity index (χ4n) is 6.98. The molecular weight excluding hydrogens is 358 g/mol. The second-order valence-corrected chi connectivity index (χ2v) is 9.73. The van der Waals surface area contributed by atoms with E-state index in [-0.39, 0.29) is 5.54 Å². The van der Waals surface area contributed by atoms with Crippen LogP contribution < -0.4 is 0 Å². The Kier molecular flexibility index (Phi) is 4.04. The van der Waals surface area contributed by atoms with Gasteiger partial charge in [-0.15, -0.1) is 0 Å². The second kappa shape index (κ2) is 6.55. The summed E-state index contributed by atoms with van der Waals surface area (Å²) in [5.41, 5.74) is 1.21. The molecule has 1 amide bonds. The zero-order valence-electron chi connectivity index (χ0n) is 17.4. The number of piperidine rings is 1. The standard InChI is InChI=1S/C25H31N3O/c1-26-14-10-20(11-15-26)27-17-19-16-23(28-13-5-12-25(19,28)24(27)29)22-9-4-7-18-6-2-3-8-21(18)22/h2-4,6-9,19-20,23H,5,10-17H2,1H3/t19-,23-,25-/m0/s1. The molecule has 4 fully saturated rings. The largest absolute Gasteiger partial charge is 0.338 e. The van der Waals surface area contributed by atoms with Crippen molar-refractivity contribution in [1.29, 1.82) is 0 Å². The molecule has 0 radical (unpaired) electrons. The van der Waals surface area contributed by atoms with Crippen molar-refractivity contribution in [2.75, 3.05) is 33.2 Å². The summed E-state index contributed by atoms with van der Waals surface area (Å²) < 4.78 is 0. The number of benzene rings is 2. The van der Waals surface area contributed by atoms with Gasteiger partial charge in [-0.1, -0.05) is 42.5 Å². The van der Waals surface area contributed by atoms with Crippen LogP contribution in [-0.4, -0.2) is 65.4 Å². The molecule has 4 heterocycles. The van der Waals surface area contributed by atoms with Crippen LogP contribution in [0.5, 0.6) is 0 Å². The number of rotatable bonds is 2. The Morgan fingerprint density at radius 3 is 2.66 bits per heavy atom. The highest BCUT2D eigenvalue weighted by molar-refractivity contribution is 5.91. The van der Waals surface area contributed by atoms with Crippen molar-refractivity contribution in [3.05, 3.63) is 48.0 Å². The maximum Gasteiger partial charge on any atom is 0.243 e. The zero-order chi connectivity index (χ0) is 19.6. The van der Waals surface area contributed by atoms with Gasteiger partial charge in [-0.3, -0.25) is 9.69 Å². The molecule has 4 nitrogen and oxygen atoms in total. The van der Waals surface area contributed by atoms with Crippen LogP contribution in [-0.2, 0) is 4.79 Å². The molecule has 0 unspecified atom stereocenters. The molecule has 0 bridgehead atoms. The van der Waals surface area contributed by atoms with Crippen molar-refractivity contribution < 1.29 is 4.79 Å². The molecule has 4 saturated heterocycles. The highest BCUT2D eigenvalue weighted by atomic mass is 16.2. The Morgan fingerprint density at radius 1 is 1.00 bits per heavy atom. The van der Waals surface area contributed by atoms with E-state index in [1.807, 2.05) is 0 Å². The Labute approximate surface area is 173 Å². The maximum atomic E-state index is 13.9. The summed E-state index contributed by atoms with van der Waals surface area (Å²) in [5.74, 6) is 0.943. The third kappa shape index (κ3) is 2.48. The van der Waals surface area contributed by atoms with Gasteiger partial charge in [0.05, 0.1) is 0 Å². The van der Waals surface area contributed by atoms with E-state index in [0.29, 0.717) is 23.9 Å². The fraction of sp³-hybridized carbons (Fsp3) is 0.560. The van der Waals surface area contributed by atoms with Crippen LogP contribution in [0.15, 0.2) is 42.5 Å². The topological polar surface area (TPSA) is 26.8 Å². The predicted octanol–water partition coefficient (Wildman–Crippen LogP) is 3.67. The number of hydrogen-bond donors (Lipinski definition) is 0. The third-order valence-electron chi connectivity index (χ3n) is 8.39. The van der Waals surface area contributed by atoms with Crippen molar-refractivity contribution >= 4 is 16.7 Å². The van der Waals surface area contributed by atoms with Gasteiger partial charge in [0.1, 0.15) is 5.54 Å². The van der Waals surface area contributed by atoms with Gasteiger partial charge in [0, 0.05) is 24.5 Å². The zero-order valence-corrected chi connectivity index (χ0v) is 17.4. The van der Waals surface area contributed by atoms with Gasteiger partial charge in [0.25, 0.3) is 0 Å². The first-order valence-corrected chi connectivity index (χ1v) is 11.4. The lowest BCUT2D eigenvalue weighted by molar-refractivity contribution is -0.139. The van der Waals surface area contributed by atoms with Crippen LogP contribution >= 0.6 is 0 Å². The first kappa shape index (κ1) is 17.9. The summed E-state index contributed by atoms with van der Waals surface area (Å²) in [7, 11) is 2.20. The predicted molar refractivity (Wildman–Crippen MR) is 116 cm³/mol. The Bertz CT molecular complexity index is 945. The number of likely N-dealkylation sites (tertiary alicyclic amines) is 2. The molecule has 1 spiro atoms. The number of nitrogens with zero attached hydrogens (tertiary/aromatic N) is 3. The number of carbonyl (C=O) groups is 1. The van der Waals surface area contributed by atoms with Crippen LogP contribution in [0.1, 0.15) is 43.7 Å². The van der Waals surface area contributed by atoms with Crippen LogP contribution in [0.25, 0.3) is 10.8 Å². The normalized spacial score (nSPS) is 33.6. The summed E-state index contributed by atoms with van der Waals surface area (Å²) >= 11 is 0. The molecule has 29 heavy (non-hydrogen) atoms. The third-order valence-corrected chi connectivity index (χ3v) is 8.39. The highest BCUT2D eigenvalue weighted by Gasteiger charge is 2.65. The first-order chi connectivity index (χ1) is 14.2. The van der Waals surface area contributed by atoms with Crippen molar-refractivity contribution in [3.8, 4) is 0 Å². The maximum absolute atomic E-state index is 13.9. The fourth-order valence-corrected chi connectivity index (χ4v) is 6.98. The molecule has 0 N–H and O–H groups in total. The van der Waals surface area contributed by atoms with Crippen molar-refractivity contribution in [2.24, 2.45) is 5.92 Å². The summed E-state index contributed by atoms with van der Waals surface area (Å²) in [6.07, 6.45) is 5.62. The molecule has 3 atom stereocenters. The van der Waals surface area contributed by atoms with Crippen LogP contribution in [0.3, 0.4) is 0 Å². The van der Waals surface area contributed by atoms with E-state index in [4.69, 9.17) is 0 Å². The molecule has 0 aliphatic carbocycles. The highest BCUT2D eigenvalue weighted by Crippen LogP contribution is 2.57. The van der Waals surface area contributed by atoms with Gasteiger partial charge in [0.2, 0.25) is 5.91 Å². The monoisotopic (exact) mass is 389 g/mol. The summed E-state index contributed by atoms with van der Waals surface area (Å²) in [6, 6.07) is 16.3. The van der Waals surface area contributed by atoms with Gasteiger partial charge in [-0.2, -0.15) is 0 Å². The smallest absolute Gasteiger partial charge is 0.243 e. The first-order valence-electron chi connectivity index (χ1n) is 11.4. The van der Waals surface area contributed by atoms with Crippen LogP contribution in [0.2, 0.25) is 0 Å². The van der Waals surface area contributed by atoms with Gasteiger partial charge in [0.15, 0.2) is 0 Å². The Morgan fingerprint density at radius 2 is 1.79 bits per heavy atom. The van der Waals surface area contributed by atoms with Crippen molar-refractivity contribution in [3.63, 3.8) is 0 Å². The van der Waals surface area contributed by atoms with Crippen molar-refractivity contribution in [1.82, 2.24) is 14.7 Å². The summed E-state index contributed by atoms with van der Waals surface area (Å²) in [4.78, 5) is 21.2. The molecule has 6 rings (SSSR count). The molecule has 0 saturated carbocycles. The summed E-state index contributed by atoms with van der Waals surface area (Å²) in [6.45, 7) is 4.28. The number of carbonyl (C=O) groups excluding carboxylic acids is 1. The average Bonchev–Trinajstić information content (AvgIpc) is 3.38. The molecule has 4 aliphatic heterocycles. The van der Waals surface area contributed by atoms with Gasteiger partial charge >= 0.3 is 0 Å². The van der Waals surface area contributed by atoms with E-state index in [2.05, 4.69) is 64.2 Å². The number of amides is 1. The van der Waals surface area contributed by atoms with E-state index in [0.717, 1.165) is 58.3 Å². The molecule has 0 aromatic heterocycles. The second-order valence-electron chi connectivity index (χ2n) is 9.73. The number of fused-ring (bicyclic) bond motifs is 1. The lowest BCUT2D eigenvalue weighted by Crippen LogP contribution is -2.52. The van der Waals surface area contributed by atoms with Gasteiger partial charge in [-0.25, -0.2) is 0 Å². The Balaban J connectivity index is 1.34. The Hall–Kier alpha value is -1.91. The lowest BCUT2D eigenvalue weighted by atomic mass is 9.85. The molecule has 2 aromatic rings. The molecule has 4 heteroatoms. The van der Waals surface area contributed by atoms with Crippen LogP contribution in [0, 0.1) is 5.92 Å². The van der Waals surface area contributed by atoms with E-state index >= 15 is 0 Å². The SMILES string of the molecule is CN1CCC(N2C[C@@H]3C[C@@H](c4cccc5ccccc45)N4CCC[C@@]34C2=O)CC1. The quantitative estimate of drug-likeness (QED) is 0.784. The van der Waals surface area contributed by atoms with E-state index in [1.165, 1.54) is 16.3 Å². The minimum Gasteiger partial charge on any atom is -0.338 e. The van der Waals surface area contributed by atoms with E-state index in [9.17, 15) is 4.79 Å². The molecule has 152 valence electrons. The minimum atomic E-state index is -0.217. The van der Waals surface area contributed by atoms with E-state index in [1.54, 1.807) is 0 Å². The summed E-state index contributed by atoms with van der Waals surface area (Å²) in [5, 5.41) is 2.68. The molecule has 2 aromatic carbocycles. The average molecular weight is 390 g/mol. The van der Waals surface area contributed by atoms with Gasteiger partial charge < -0.3 is 9.80 Å². The molecule has 4 aliphatic rings. The van der Waals surface area contributed by atoms with Crippen LogP contribution in [0.4, 0.5) is 0 Å². The number of hydrogen-bond acceptors (Lipinski definition) is 3. The molecular formula is C25H31N3O. The lowest BCUT2D eigenvalue weighted by Gasteiger charge is -2.38. The van der Waals surface area contributed by atoms with Gasteiger partial charge in [-0.05, 0) is 75.1 Å². The van der Waals surface area contributed by atoms with Crippen molar-refractivity contribution in [2.45, 2.75) is 49.7 Å². The van der Waals surface area contributed by atoms with E-state index < -0.39 is 0 Å². The minimum absolute atomic E-state index is 0.217.